The monoisotopic (exact) mass is 340 g/mol. The zero-order valence-electron chi connectivity index (χ0n) is 14.4. The lowest BCUT2D eigenvalue weighted by Gasteiger charge is -2.09. The van der Waals surface area contributed by atoms with Crippen molar-refractivity contribution in [3.63, 3.8) is 0 Å². The maximum absolute atomic E-state index is 12.1. The van der Waals surface area contributed by atoms with E-state index in [-0.39, 0.29) is 5.91 Å². The molecule has 0 aliphatic carbocycles. The van der Waals surface area contributed by atoms with E-state index in [2.05, 4.69) is 10.6 Å². The summed E-state index contributed by atoms with van der Waals surface area (Å²) in [7, 11) is 1.53. The average molecular weight is 340 g/mol. The third-order valence-electron chi connectivity index (χ3n) is 3.58. The average Bonchev–Trinajstić information content (AvgIpc) is 2.61. The lowest BCUT2D eigenvalue weighted by Crippen LogP contribution is -2.22. The van der Waals surface area contributed by atoms with Crippen LogP contribution in [0.25, 0.3) is 0 Å². The molecule has 0 fully saturated rings. The summed E-state index contributed by atoms with van der Waals surface area (Å²) < 4.78 is 5.07. The van der Waals surface area contributed by atoms with Crippen LogP contribution in [0.2, 0.25) is 0 Å². The van der Waals surface area contributed by atoms with Crippen molar-refractivity contribution in [2.45, 2.75) is 13.8 Å². The minimum Gasteiger partial charge on any atom is -0.452 e. The summed E-state index contributed by atoms with van der Waals surface area (Å²) in [6.45, 7) is 3.28. The van der Waals surface area contributed by atoms with E-state index in [0.29, 0.717) is 16.8 Å². The molecule has 0 bridgehead atoms. The van der Waals surface area contributed by atoms with Crippen LogP contribution in [-0.2, 0) is 9.53 Å². The Morgan fingerprint density at radius 1 is 1.04 bits per heavy atom. The van der Waals surface area contributed by atoms with Crippen LogP contribution < -0.4 is 10.6 Å². The van der Waals surface area contributed by atoms with Crippen molar-refractivity contribution in [2.75, 3.05) is 19.0 Å². The number of rotatable bonds is 5. The third-order valence-corrected chi connectivity index (χ3v) is 3.58. The molecule has 0 heterocycles. The number of hydrogen-bond donors (Lipinski definition) is 2. The van der Waals surface area contributed by atoms with Gasteiger partial charge in [-0.3, -0.25) is 9.59 Å². The van der Waals surface area contributed by atoms with Crippen LogP contribution in [0, 0.1) is 13.8 Å². The molecule has 6 heteroatoms. The molecule has 25 heavy (non-hydrogen) atoms. The number of hydrogen-bond acceptors (Lipinski definition) is 4. The molecule has 0 aliphatic heterocycles. The second-order valence-corrected chi connectivity index (χ2v) is 5.60. The molecule has 2 aromatic rings. The molecule has 0 unspecified atom stereocenters. The first-order valence-corrected chi connectivity index (χ1v) is 7.77. The zero-order valence-corrected chi connectivity index (χ0v) is 14.4. The maximum Gasteiger partial charge on any atom is 0.338 e. The fourth-order valence-corrected chi connectivity index (χ4v) is 2.24. The molecule has 6 nitrogen and oxygen atoms in total. The summed E-state index contributed by atoms with van der Waals surface area (Å²) in [6, 6.07) is 11.9. The van der Waals surface area contributed by atoms with Gasteiger partial charge in [-0.2, -0.15) is 0 Å². The van der Waals surface area contributed by atoms with E-state index in [9.17, 15) is 14.4 Å². The fourth-order valence-electron chi connectivity index (χ4n) is 2.24. The Morgan fingerprint density at radius 2 is 1.80 bits per heavy atom. The molecule has 0 spiro atoms. The van der Waals surface area contributed by atoms with E-state index in [0.717, 1.165) is 11.1 Å². The number of carbonyl (C=O) groups is 3. The topological polar surface area (TPSA) is 84.5 Å². The third kappa shape index (κ3) is 4.91. The summed E-state index contributed by atoms with van der Waals surface area (Å²) in [6.07, 6.45) is 0. The van der Waals surface area contributed by atoms with Crippen LogP contribution in [0.15, 0.2) is 42.5 Å². The summed E-state index contributed by atoms with van der Waals surface area (Å²) in [4.78, 5) is 35.7. The summed E-state index contributed by atoms with van der Waals surface area (Å²) in [5.41, 5.74) is 3.04. The number of esters is 1. The summed E-state index contributed by atoms with van der Waals surface area (Å²) >= 11 is 0. The minimum absolute atomic E-state index is 0.252. The minimum atomic E-state index is -0.546. The van der Waals surface area contributed by atoms with Gasteiger partial charge in [0.15, 0.2) is 6.61 Å². The van der Waals surface area contributed by atoms with E-state index < -0.39 is 18.5 Å². The Morgan fingerprint density at radius 3 is 2.52 bits per heavy atom. The van der Waals surface area contributed by atoms with Gasteiger partial charge in [-0.25, -0.2) is 4.79 Å². The van der Waals surface area contributed by atoms with Gasteiger partial charge >= 0.3 is 5.97 Å². The second kappa shape index (κ2) is 8.10. The molecule has 130 valence electrons. The molecule has 2 rings (SSSR count). The highest BCUT2D eigenvalue weighted by Gasteiger charge is 2.13. The molecule has 0 aliphatic rings. The van der Waals surface area contributed by atoms with Gasteiger partial charge in [0.25, 0.3) is 11.8 Å². The lowest BCUT2D eigenvalue weighted by molar-refractivity contribution is -0.119. The molecule has 2 aromatic carbocycles. The molecule has 2 amide bonds. The standard InChI is InChI=1S/C19H20N2O4/c1-12-7-8-13(2)16(9-12)19(24)25-11-17(22)21-15-6-4-5-14(10-15)18(23)20-3/h4-10H,11H2,1-3H3,(H,20,23)(H,21,22). The number of ether oxygens (including phenoxy) is 1. The lowest BCUT2D eigenvalue weighted by atomic mass is 10.1. The van der Waals surface area contributed by atoms with Gasteiger partial charge in [0.1, 0.15) is 0 Å². The fraction of sp³-hybridized carbons (Fsp3) is 0.211. The van der Waals surface area contributed by atoms with Gasteiger partial charge < -0.3 is 15.4 Å². The first-order chi connectivity index (χ1) is 11.9. The van der Waals surface area contributed by atoms with Crippen molar-refractivity contribution in [2.24, 2.45) is 0 Å². The van der Waals surface area contributed by atoms with Crippen LogP contribution in [0.1, 0.15) is 31.8 Å². The normalized spacial score (nSPS) is 10.0. The summed E-state index contributed by atoms with van der Waals surface area (Å²) in [5.74, 6) is -1.28. The van der Waals surface area contributed by atoms with Crippen LogP contribution in [0.5, 0.6) is 0 Å². The predicted molar refractivity (Wildman–Crippen MR) is 94.7 cm³/mol. The highest BCUT2D eigenvalue weighted by Crippen LogP contribution is 2.13. The largest absolute Gasteiger partial charge is 0.452 e. The number of nitrogens with one attached hydrogen (secondary N) is 2. The van der Waals surface area contributed by atoms with Crippen molar-refractivity contribution < 1.29 is 19.1 Å². The van der Waals surface area contributed by atoms with Crippen LogP contribution in [0.3, 0.4) is 0 Å². The quantitative estimate of drug-likeness (QED) is 0.819. The van der Waals surface area contributed by atoms with Crippen LogP contribution >= 0.6 is 0 Å². The van der Waals surface area contributed by atoms with Crippen LogP contribution in [0.4, 0.5) is 5.69 Å². The number of aryl methyl sites for hydroxylation is 2. The molecule has 0 radical (unpaired) electrons. The van der Waals surface area contributed by atoms with E-state index in [1.54, 1.807) is 37.3 Å². The van der Waals surface area contributed by atoms with Crippen LogP contribution in [-0.4, -0.2) is 31.4 Å². The first kappa shape index (κ1) is 18.2. The van der Waals surface area contributed by atoms with Gasteiger partial charge in [-0.05, 0) is 43.7 Å². The highest BCUT2D eigenvalue weighted by atomic mass is 16.5. The number of anilines is 1. The predicted octanol–water partition coefficient (Wildman–Crippen LogP) is 2.46. The number of benzene rings is 2. The van der Waals surface area contributed by atoms with Crippen molar-refractivity contribution in [3.8, 4) is 0 Å². The van der Waals surface area contributed by atoms with E-state index >= 15 is 0 Å². The zero-order chi connectivity index (χ0) is 18.4. The van der Waals surface area contributed by atoms with Crippen molar-refractivity contribution in [1.82, 2.24) is 5.32 Å². The van der Waals surface area contributed by atoms with Gasteiger partial charge in [0.05, 0.1) is 5.56 Å². The molecule has 0 aromatic heterocycles. The molecular formula is C19H20N2O4. The van der Waals surface area contributed by atoms with Crippen molar-refractivity contribution in [1.29, 1.82) is 0 Å². The van der Waals surface area contributed by atoms with Crippen molar-refractivity contribution in [3.05, 3.63) is 64.7 Å². The Hall–Kier alpha value is -3.15. The molecular weight excluding hydrogens is 320 g/mol. The summed E-state index contributed by atoms with van der Waals surface area (Å²) in [5, 5.41) is 5.11. The highest BCUT2D eigenvalue weighted by molar-refractivity contribution is 5.98. The Bertz CT molecular complexity index is 815. The number of carbonyl (C=O) groups excluding carboxylic acids is 3. The molecule has 2 N–H and O–H groups in total. The van der Waals surface area contributed by atoms with Crippen molar-refractivity contribution >= 4 is 23.5 Å². The van der Waals surface area contributed by atoms with Gasteiger partial charge in [0, 0.05) is 18.3 Å². The first-order valence-electron chi connectivity index (χ1n) is 7.77. The Labute approximate surface area is 146 Å². The smallest absolute Gasteiger partial charge is 0.338 e. The van der Waals surface area contributed by atoms with Gasteiger partial charge in [-0.1, -0.05) is 23.8 Å². The molecule has 0 atom stereocenters. The van der Waals surface area contributed by atoms with Gasteiger partial charge in [0.2, 0.25) is 0 Å². The second-order valence-electron chi connectivity index (χ2n) is 5.60. The Balaban J connectivity index is 1.96. The van der Waals surface area contributed by atoms with E-state index in [1.165, 1.54) is 7.05 Å². The van der Waals surface area contributed by atoms with E-state index in [1.807, 2.05) is 19.1 Å². The maximum atomic E-state index is 12.1. The molecule has 0 saturated carbocycles. The Kier molecular flexibility index (Phi) is 5.89. The number of amides is 2. The molecule has 0 saturated heterocycles. The van der Waals surface area contributed by atoms with E-state index in [4.69, 9.17) is 4.74 Å². The SMILES string of the molecule is CNC(=O)c1cccc(NC(=O)COC(=O)c2cc(C)ccc2C)c1. The van der Waals surface area contributed by atoms with Gasteiger partial charge in [-0.15, -0.1) is 0 Å².